The van der Waals surface area contributed by atoms with Crippen LogP contribution in [0.15, 0.2) is 84.9 Å². The van der Waals surface area contributed by atoms with Gasteiger partial charge in [-0.2, -0.15) is 0 Å². The van der Waals surface area contributed by atoms with E-state index in [2.05, 4.69) is 84.9 Å². The van der Waals surface area contributed by atoms with Gasteiger partial charge < -0.3 is 0 Å². The largest absolute Gasteiger partial charge is 0.0622 e. The molecular weight excluding hydrogens is 264 g/mol. The number of rotatable bonds is 0. The average molecular weight is 278 g/mol. The van der Waals surface area contributed by atoms with Gasteiger partial charge in [0.2, 0.25) is 0 Å². The van der Waals surface area contributed by atoms with Crippen LogP contribution >= 0.6 is 0 Å². The number of hydrogen-bond donors (Lipinski definition) is 0. The maximum atomic E-state index is 2.32. The Balaban J connectivity index is 2.03. The third-order valence-electron chi connectivity index (χ3n) is 4.63. The maximum Gasteiger partial charge on any atom is -0.00928 e. The molecule has 0 saturated heterocycles. The summed E-state index contributed by atoms with van der Waals surface area (Å²) in [5.74, 6) is 0. The van der Waals surface area contributed by atoms with Gasteiger partial charge in [-0.3, -0.25) is 0 Å². The maximum absolute atomic E-state index is 2.32. The number of fused-ring (bicyclic) bond motifs is 7. The first-order chi connectivity index (χ1) is 10.9. The van der Waals surface area contributed by atoms with Crippen molar-refractivity contribution in [2.24, 2.45) is 0 Å². The van der Waals surface area contributed by atoms with E-state index in [0.29, 0.717) is 0 Å². The zero-order valence-corrected chi connectivity index (χ0v) is 12.1. The molecule has 0 aromatic heterocycles. The monoisotopic (exact) mass is 278 g/mol. The highest BCUT2D eigenvalue weighted by atomic mass is 14.1. The highest BCUT2D eigenvalue weighted by Gasteiger charge is 2.11. The van der Waals surface area contributed by atoms with Crippen LogP contribution in [0.25, 0.3) is 43.4 Å². The van der Waals surface area contributed by atoms with Crippen LogP contribution in [0.2, 0.25) is 0 Å². The molecule has 22 heavy (non-hydrogen) atoms. The van der Waals surface area contributed by atoms with Crippen molar-refractivity contribution in [3.05, 3.63) is 84.9 Å². The third kappa shape index (κ3) is 1.52. The smallest absolute Gasteiger partial charge is 0.00928 e. The first kappa shape index (κ1) is 11.8. The molecule has 0 spiro atoms. The molecule has 0 heteroatoms. The fourth-order valence-corrected chi connectivity index (χ4v) is 3.59. The van der Waals surface area contributed by atoms with Crippen molar-refractivity contribution in [1.29, 1.82) is 0 Å². The van der Waals surface area contributed by atoms with Crippen LogP contribution in [0, 0.1) is 0 Å². The first-order valence-electron chi connectivity index (χ1n) is 7.64. The minimum atomic E-state index is 1.30. The highest BCUT2D eigenvalue weighted by Crippen LogP contribution is 2.39. The summed E-state index contributed by atoms with van der Waals surface area (Å²) in [6, 6.07) is 30.7. The van der Waals surface area contributed by atoms with E-state index in [1.807, 2.05) is 0 Å². The Morgan fingerprint density at radius 3 is 2.14 bits per heavy atom. The Morgan fingerprint density at radius 1 is 0.409 bits per heavy atom. The second-order valence-corrected chi connectivity index (χ2v) is 5.83. The summed E-state index contributed by atoms with van der Waals surface area (Å²) in [4.78, 5) is 0. The first-order valence-corrected chi connectivity index (χ1v) is 7.64. The summed E-state index contributed by atoms with van der Waals surface area (Å²) >= 11 is 0. The van der Waals surface area contributed by atoms with E-state index >= 15 is 0 Å². The molecule has 2 aliphatic carbocycles. The summed E-state index contributed by atoms with van der Waals surface area (Å²) in [6.07, 6.45) is 0. The minimum Gasteiger partial charge on any atom is -0.0622 e. The van der Waals surface area contributed by atoms with E-state index in [4.69, 9.17) is 0 Å². The van der Waals surface area contributed by atoms with Crippen LogP contribution in [0.4, 0.5) is 0 Å². The van der Waals surface area contributed by atoms with E-state index in [-0.39, 0.29) is 0 Å². The van der Waals surface area contributed by atoms with Gasteiger partial charge in [0, 0.05) is 0 Å². The fraction of sp³-hybridized carbons (Fsp3) is 0. The van der Waals surface area contributed by atoms with Crippen molar-refractivity contribution in [3.8, 4) is 11.1 Å². The van der Waals surface area contributed by atoms with E-state index in [0.717, 1.165) is 0 Å². The molecule has 0 nitrogen and oxygen atoms in total. The second kappa shape index (κ2) is 4.32. The third-order valence-corrected chi connectivity index (χ3v) is 4.63. The van der Waals surface area contributed by atoms with Crippen molar-refractivity contribution < 1.29 is 0 Å². The molecule has 2 aliphatic rings. The molecule has 0 N–H and O–H groups in total. The zero-order valence-electron chi connectivity index (χ0n) is 12.1. The summed E-state index contributed by atoms with van der Waals surface area (Å²) in [5, 5.41) is 8.01. The van der Waals surface area contributed by atoms with Crippen LogP contribution in [0.5, 0.6) is 0 Å². The topological polar surface area (TPSA) is 0 Å². The van der Waals surface area contributed by atoms with Gasteiger partial charge in [-0.15, -0.1) is 0 Å². The Morgan fingerprint density at radius 2 is 1.14 bits per heavy atom. The molecule has 0 amide bonds. The molecule has 0 aliphatic heterocycles. The van der Waals surface area contributed by atoms with Gasteiger partial charge in [0.05, 0.1) is 0 Å². The van der Waals surface area contributed by atoms with E-state index in [9.17, 15) is 0 Å². The molecular formula is C22H14. The van der Waals surface area contributed by atoms with Gasteiger partial charge in [-0.25, -0.2) is 0 Å². The lowest BCUT2D eigenvalue weighted by Crippen LogP contribution is -1.78. The van der Waals surface area contributed by atoms with Gasteiger partial charge >= 0.3 is 0 Å². The van der Waals surface area contributed by atoms with Gasteiger partial charge in [0.15, 0.2) is 0 Å². The zero-order chi connectivity index (χ0) is 14.5. The summed E-state index contributed by atoms with van der Waals surface area (Å²) < 4.78 is 0. The van der Waals surface area contributed by atoms with Crippen LogP contribution in [0.1, 0.15) is 0 Å². The van der Waals surface area contributed by atoms with Crippen molar-refractivity contribution in [1.82, 2.24) is 0 Å². The molecule has 3 aromatic rings. The lowest BCUT2D eigenvalue weighted by molar-refractivity contribution is 1.80. The summed E-state index contributed by atoms with van der Waals surface area (Å²) in [5.41, 5.74) is 2.63. The van der Waals surface area contributed by atoms with Crippen LogP contribution in [0.3, 0.4) is 0 Å². The lowest BCUT2D eigenvalue weighted by atomic mass is 9.99. The minimum absolute atomic E-state index is 1.30. The lowest BCUT2D eigenvalue weighted by Gasteiger charge is -2.05. The molecule has 3 aromatic carbocycles. The molecule has 0 unspecified atom stereocenters. The molecule has 5 rings (SSSR count). The van der Waals surface area contributed by atoms with E-state index in [1.165, 1.54) is 43.4 Å². The molecule has 102 valence electrons. The highest BCUT2D eigenvalue weighted by molar-refractivity contribution is 6.21. The molecule has 0 saturated carbocycles. The predicted octanol–water partition coefficient (Wildman–Crippen LogP) is 6.25. The van der Waals surface area contributed by atoms with E-state index < -0.39 is 0 Å². The fourth-order valence-electron chi connectivity index (χ4n) is 3.59. The standard InChI is InChI=1S/C22H14/c1-2-7-16-14-22-20(18(16)8-3-1)13-12-19-17-9-5-4-6-15(17)10-11-21(19)22/h1-14H. The Hall–Kier alpha value is -2.86. The van der Waals surface area contributed by atoms with Crippen LogP contribution in [-0.2, 0) is 0 Å². The normalized spacial score (nSPS) is 11.6. The van der Waals surface area contributed by atoms with Crippen molar-refractivity contribution in [2.45, 2.75) is 0 Å². The van der Waals surface area contributed by atoms with Crippen molar-refractivity contribution in [2.75, 3.05) is 0 Å². The quantitative estimate of drug-likeness (QED) is 0.294. The van der Waals surface area contributed by atoms with E-state index in [1.54, 1.807) is 0 Å². The Kier molecular flexibility index (Phi) is 2.31. The SMILES string of the molecule is c1ccc2cc3c(ccc4c5ccccc5ccc34)c-2cc1. The molecule has 0 fully saturated rings. The molecule has 0 radical (unpaired) electrons. The predicted molar refractivity (Wildman–Crippen MR) is 95.6 cm³/mol. The summed E-state index contributed by atoms with van der Waals surface area (Å²) in [7, 11) is 0. The van der Waals surface area contributed by atoms with Crippen LogP contribution in [-0.4, -0.2) is 0 Å². The molecule has 0 atom stereocenters. The molecule has 0 bridgehead atoms. The van der Waals surface area contributed by atoms with Gasteiger partial charge in [0.1, 0.15) is 0 Å². The number of hydrogen-bond acceptors (Lipinski definition) is 0. The van der Waals surface area contributed by atoms with Crippen molar-refractivity contribution in [3.63, 3.8) is 0 Å². The van der Waals surface area contributed by atoms with Gasteiger partial charge in [-0.05, 0) is 49.5 Å². The number of benzene rings is 3. The van der Waals surface area contributed by atoms with Crippen molar-refractivity contribution >= 4 is 32.3 Å². The molecule has 0 heterocycles. The van der Waals surface area contributed by atoms with Crippen LogP contribution < -0.4 is 0 Å². The Bertz CT molecular complexity index is 1120. The second-order valence-electron chi connectivity index (χ2n) is 5.83. The summed E-state index contributed by atoms with van der Waals surface area (Å²) in [6.45, 7) is 0. The van der Waals surface area contributed by atoms with Gasteiger partial charge in [0.25, 0.3) is 0 Å². The Labute approximate surface area is 129 Å². The van der Waals surface area contributed by atoms with Gasteiger partial charge in [-0.1, -0.05) is 78.9 Å². The average Bonchev–Trinajstić information content (AvgIpc) is 2.76.